The Bertz CT molecular complexity index is 763. The standard InChI is InChI=1S/C19H19N3O2/c1-14(8-9-16-6-4-3-5-7-16)21-22-19(24)17-10-12-18(13-11-17)20-15(2)23/h3-13H,1-2H3,(H,20,23)(H,22,24)/b9-8+,21-14+. The molecule has 5 heteroatoms. The maximum Gasteiger partial charge on any atom is 0.271 e. The van der Waals surface area contributed by atoms with Crippen LogP contribution in [0.3, 0.4) is 0 Å². The number of nitrogens with one attached hydrogen (secondary N) is 2. The van der Waals surface area contributed by atoms with Crippen molar-refractivity contribution in [3.63, 3.8) is 0 Å². The fourth-order valence-electron chi connectivity index (χ4n) is 1.93. The molecule has 2 N–H and O–H groups in total. The molecule has 0 saturated heterocycles. The number of hydrogen-bond donors (Lipinski definition) is 2. The summed E-state index contributed by atoms with van der Waals surface area (Å²) in [6.45, 7) is 3.24. The van der Waals surface area contributed by atoms with E-state index in [0.29, 0.717) is 17.0 Å². The third-order valence-corrected chi connectivity index (χ3v) is 3.12. The largest absolute Gasteiger partial charge is 0.326 e. The maximum atomic E-state index is 12.0. The van der Waals surface area contributed by atoms with Crippen molar-refractivity contribution in [3.8, 4) is 0 Å². The van der Waals surface area contributed by atoms with Gasteiger partial charge in [0.15, 0.2) is 0 Å². The maximum absolute atomic E-state index is 12.0. The average Bonchev–Trinajstić information content (AvgIpc) is 2.59. The van der Waals surface area contributed by atoms with Gasteiger partial charge in [-0.15, -0.1) is 0 Å². The zero-order valence-corrected chi connectivity index (χ0v) is 13.6. The van der Waals surface area contributed by atoms with Gasteiger partial charge in [0.1, 0.15) is 0 Å². The smallest absolute Gasteiger partial charge is 0.271 e. The molecular weight excluding hydrogens is 302 g/mol. The summed E-state index contributed by atoms with van der Waals surface area (Å²) in [6.07, 6.45) is 3.75. The van der Waals surface area contributed by atoms with E-state index in [9.17, 15) is 9.59 Å². The molecule has 122 valence electrons. The Hall–Kier alpha value is -3.21. The van der Waals surface area contributed by atoms with Crippen LogP contribution >= 0.6 is 0 Å². The van der Waals surface area contributed by atoms with Crippen LogP contribution in [0.2, 0.25) is 0 Å². The molecule has 0 aliphatic carbocycles. The normalized spacial score (nSPS) is 11.3. The van der Waals surface area contributed by atoms with Crippen LogP contribution in [0, 0.1) is 0 Å². The summed E-state index contributed by atoms with van der Waals surface area (Å²) >= 11 is 0. The molecule has 0 fully saturated rings. The average molecular weight is 321 g/mol. The monoisotopic (exact) mass is 321 g/mol. The zero-order chi connectivity index (χ0) is 17.4. The Morgan fingerprint density at radius 2 is 1.62 bits per heavy atom. The number of hydrogen-bond acceptors (Lipinski definition) is 3. The second kappa shape index (κ2) is 8.43. The van der Waals surface area contributed by atoms with Gasteiger partial charge in [0.05, 0.1) is 5.71 Å². The Morgan fingerprint density at radius 3 is 2.25 bits per heavy atom. The molecule has 0 aliphatic rings. The molecule has 0 aliphatic heterocycles. The molecule has 0 heterocycles. The first-order chi connectivity index (χ1) is 11.5. The van der Waals surface area contributed by atoms with E-state index in [4.69, 9.17) is 0 Å². The molecule has 0 bridgehead atoms. The zero-order valence-electron chi connectivity index (χ0n) is 13.6. The molecule has 0 unspecified atom stereocenters. The summed E-state index contributed by atoms with van der Waals surface area (Å²) in [5.41, 5.74) is 5.36. The molecule has 0 radical (unpaired) electrons. The fourth-order valence-corrected chi connectivity index (χ4v) is 1.93. The third-order valence-electron chi connectivity index (χ3n) is 3.12. The topological polar surface area (TPSA) is 70.6 Å². The highest BCUT2D eigenvalue weighted by Gasteiger charge is 2.04. The summed E-state index contributed by atoms with van der Waals surface area (Å²) in [6, 6.07) is 16.4. The van der Waals surface area contributed by atoms with Gasteiger partial charge in [0.2, 0.25) is 5.91 Å². The van der Waals surface area contributed by atoms with Gasteiger partial charge in [-0.05, 0) is 42.8 Å². The van der Waals surface area contributed by atoms with Crippen molar-refractivity contribution in [2.24, 2.45) is 5.10 Å². The Morgan fingerprint density at radius 1 is 0.958 bits per heavy atom. The van der Waals surface area contributed by atoms with Gasteiger partial charge in [-0.2, -0.15) is 5.10 Å². The van der Waals surface area contributed by atoms with Crippen LogP contribution in [0.1, 0.15) is 29.8 Å². The van der Waals surface area contributed by atoms with E-state index in [1.165, 1.54) is 6.92 Å². The third kappa shape index (κ3) is 5.53. The first-order valence-corrected chi connectivity index (χ1v) is 7.50. The molecule has 0 saturated carbocycles. The van der Waals surface area contributed by atoms with Gasteiger partial charge in [-0.3, -0.25) is 9.59 Å². The van der Waals surface area contributed by atoms with E-state index in [-0.39, 0.29) is 11.8 Å². The Labute approximate surface area is 141 Å². The molecule has 5 nitrogen and oxygen atoms in total. The lowest BCUT2D eigenvalue weighted by molar-refractivity contribution is -0.114. The van der Waals surface area contributed by atoms with Crippen LogP contribution in [0.25, 0.3) is 6.08 Å². The number of carbonyl (C=O) groups is 2. The predicted molar refractivity (Wildman–Crippen MR) is 96.8 cm³/mol. The molecular formula is C19H19N3O2. The number of carbonyl (C=O) groups excluding carboxylic acids is 2. The highest BCUT2D eigenvalue weighted by Crippen LogP contribution is 2.09. The number of benzene rings is 2. The van der Waals surface area contributed by atoms with Gasteiger partial charge in [-0.1, -0.05) is 36.4 Å². The summed E-state index contributed by atoms with van der Waals surface area (Å²) in [5, 5.41) is 6.69. The van der Waals surface area contributed by atoms with Gasteiger partial charge < -0.3 is 5.32 Å². The second-order valence-electron chi connectivity index (χ2n) is 5.20. The highest BCUT2D eigenvalue weighted by molar-refractivity contribution is 5.99. The van der Waals surface area contributed by atoms with Crippen molar-refractivity contribution in [1.29, 1.82) is 0 Å². The van der Waals surface area contributed by atoms with Crippen LogP contribution in [0.15, 0.2) is 65.8 Å². The number of hydrazone groups is 1. The lowest BCUT2D eigenvalue weighted by Gasteiger charge is -2.04. The first-order valence-electron chi connectivity index (χ1n) is 7.50. The second-order valence-corrected chi connectivity index (χ2v) is 5.20. The van der Waals surface area contributed by atoms with Crippen molar-refractivity contribution in [2.75, 3.05) is 5.32 Å². The van der Waals surface area contributed by atoms with Crippen LogP contribution in [0.5, 0.6) is 0 Å². The van der Waals surface area contributed by atoms with Crippen LogP contribution < -0.4 is 10.7 Å². The number of rotatable bonds is 5. The molecule has 2 amide bonds. The summed E-state index contributed by atoms with van der Waals surface area (Å²) in [5.74, 6) is -0.463. The fraction of sp³-hybridized carbons (Fsp3) is 0.105. The predicted octanol–water partition coefficient (Wildman–Crippen LogP) is 3.46. The molecule has 24 heavy (non-hydrogen) atoms. The van der Waals surface area contributed by atoms with Crippen LogP contribution in [-0.2, 0) is 4.79 Å². The molecule has 0 atom stereocenters. The molecule has 2 aromatic carbocycles. The van der Waals surface area contributed by atoms with E-state index in [0.717, 1.165) is 5.56 Å². The number of amides is 2. The summed E-state index contributed by atoms with van der Waals surface area (Å²) < 4.78 is 0. The number of anilines is 1. The minimum Gasteiger partial charge on any atom is -0.326 e. The molecule has 0 aromatic heterocycles. The van der Waals surface area contributed by atoms with Crippen LogP contribution in [-0.4, -0.2) is 17.5 Å². The van der Waals surface area contributed by atoms with E-state index in [1.54, 1.807) is 31.2 Å². The summed E-state index contributed by atoms with van der Waals surface area (Å²) in [4.78, 5) is 23.0. The van der Waals surface area contributed by atoms with Crippen molar-refractivity contribution >= 4 is 29.3 Å². The van der Waals surface area contributed by atoms with E-state index >= 15 is 0 Å². The minimum absolute atomic E-state index is 0.155. The van der Waals surface area contributed by atoms with Crippen LogP contribution in [0.4, 0.5) is 5.69 Å². The van der Waals surface area contributed by atoms with Crippen molar-refractivity contribution in [3.05, 3.63) is 71.8 Å². The van der Waals surface area contributed by atoms with Crippen molar-refractivity contribution < 1.29 is 9.59 Å². The first kappa shape index (κ1) is 17.1. The quantitative estimate of drug-likeness (QED) is 0.654. The van der Waals surface area contributed by atoms with E-state index < -0.39 is 0 Å². The highest BCUT2D eigenvalue weighted by atomic mass is 16.2. The summed E-state index contributed by atoms with van der Waals surface area (Å²) in [7, 11) is 0. The Kier molecular flexibility index (Phi) is 6.02. The number of allylic oxidation sites excluding steroid dienone is 1. The number of nitrogens with zero attached hydrogens (tertiary/aromatic N) is 1. The lowest BCUT2D eigenvalue weighted by atomic mass is 10.2. The SMILES string of the molecule is CC(=O)Nc1ccc(C(=O)N/N=C(C)/C=C/c2ccccc2)cc1. The van der Waals surface area contributed by atoms with Crippen molar-refractivity contribution in [1.82, 2.24) is 5.43 Å². The van der Waals surface area contributed by atoms with Gasteiger partial charge >= 0.3 is 0 Å². The van der Waals surface area contributed by atoms with Gasteiger partial charge in [0.25, 0.3) is 5.91 Å². The molecule has 2 rings (SSSR count). The van der Waals surface area contributed by atoms with E-state index in [1.807, 2.05) is 42.5 Å². The molecule has 2 aromatic rings. The molecule has 0 spiro atoms. The van der Waals surface area contributed by atoms with Crippen molar-refractivity contribution in [2.45, 2.75) is 13.8 Å². The van der Waals surface area contributed by atoms with Gasteiger partial charge in [-0.25, -0.2) is 5.43 Å². The van der Waals surface area contributed by atoms with E-state index in [2.05, 4.69) is 15.8 Å². The van der Waals surface area contributed by atoms with Gasteiger partial charge in [0, 0.05) is 18.2 Å². The Balaban J connectivity index is 1.94. The lowest BCUT2D eigenvalue weighted by Crippen LogP contribution is -2.18. The minimum atomic E-state index is -0.308.